The number of hydrogen-bond acceptors (Lipinski definition) is 3. The molecule has 102 valence electrons. The highest BCUT2D eigenvalue weighted by molar-refractivity contribution is 4.76. The maximum Gasteiger partial charge on any atom is 0.0462 e. The van der Waals surface area contributed by atoms with Crippen LogP contribution >= 0.6 is 0 Å². The first-order chi connectivity index (χ1) is 8.31. The Balaban J connectivity index is 2.12. The standard InChI is InChI=1S/C14H30N2O/c1-3-16(4-2)10-9-15-11-13-7-5-6-8-14(13)12-17/h13-15,17H,3-12H2,1-2H3. The lowest BCUT2D eigenvalue weighted by Gasteiger charge is -2.30. The Morgan fingerprint density at radius 1 is 1.12 bits per heavy atom. The first kappa shape index (κ1) is 14.9. The third kappa shape index (κ3) is 5.36. The third-order valence-electron chi connectivity index (χ3n) is 4.21. The third-order valence-corrected chi connectivity index (χ3v) is 4.21. The minimum absolute atomic E-state index is 0.377. The molecule has 0 bridgehead atoms. The minimum Gasteiger partial charge on any atom is -0.396 e. The molecule has 0 aromatic carbocycles. The van der Waals surface area contributed by atoms with Gasteiger partial charge in [0.05, 0.1) is 0 Å². The number of likely N-dealkylation sites (N-methyl/N-ethyl adjacent to an activating group) is 1. The van der Waals surface area contributed by atoms with Crippen molar-refractivity contribution in [2.24, 2.45) is 11.8 Å². The average Bonchev–Trinajstić information content (AvgIpc) is 2.39. The number of nitrogens with one attached hydrogen (secondary N) is 1. The second-order valence-electron chi connectivity index (χ2n) is 5.22. The first-order valence-corrected chi connectivity index (χ1v) is 7.35. The van der Waals surface area contributed by atoms with Crippen LogP contribution in [0.4, 0.5) is 0 Å². The Morgan fingerprint density at radius 2 is 1.76 bits per heavy atom. The van der Waals surface area contributed by atoms with E-state index in [1.807, 2.05) is 0 Å². The molecule has 0 aromatic heterocycles. The van der Waals surface area contributed by atoms with E-state index < -0.39 is 0 Å². The van der Waals surface area contributed by atoms with E-state index in [0.29, 0.717) is 18.4 Å². The predicted molar refractivity (Wildman–Crippen MR) is 73.2 cm³/mol. The molecule has 0 amide bonds. The van der Waals surface area contributed by atoms with Crippen molar-refractivity contribution < 1.29 is 5.11 Å². The lowest BCUT2D eigenvalue weighted by atomic mass is 9.79. The molecule has 3 nitrogen and oxygen atoms in total. The summed E-state index contributed by atoms with van der Waals surface area (Å²) in [4.78, 5) is 2.44. The summed E-state index contributed by atoms with van der Waals surface area (Å²) in [5.74, 6) is 1.25. The van der Waals surface area contributed by atoms with E-state index in [9.17, 15) is 5.11 Å². The average molecular weight is 242 g/mol. The molecule has 0 aromatic rings. The molecule has 2 unspecified atom stereocenters. The molecule has 2 atom stereocenters. The van der Waals surface area contributed by atoms with E-state index in [2.05, 4.69) is 24.1 Å². The van der Waals surface area contributed by atoms with Gasteiger partial charge in [-0.2, -0.15) is 0 Å². The van der Waals surface area contributed by atoms with Crippen LogP contribution in [0.25, 0.3) is 0 Å². The van der Waals surface area contributed by atoms with E-state index in [1.165, 1.54) is 25.7 Å². The number of aliphatic hydroxyl groups is 1. The van der Waals surface area contributed by atoms with Gasteiger partial charge in [-0.3, -0.25) is 0 Å². The van der Waals surface area contributed by atoms with Gasteiger partial charge in [-0.25, -0.2) is 0 Å². The summed E-state index contributed by atoms with van der Waals surface area (Å²) in [5.41, 5.74) is 0. The zero-order valence-corrected chi connectivity index (χ0v) is 11.6. The fourth-order valence-corrected chi connectivity index (χ4v) is 2.86. The summed E-state index contributed by atoms with van der Waals surface area (Å²) in [6, 6.07) is 0. The lowest BCUT2D eigenvalue weighted by molar-refractivity contribution is 0.132. The Labute approximate surface area is 107 Å². The molecule has 3 heteroatoms. The van der Waals surface area contributed by atoms with E-state index in [1.54, 1.807) is 0 Å². The van der Waals surface area contributed by atoms with Crippen LogP contribution in [-0.4, -0.2) is 49.3 Å². The molecular formula is C14H30N2O. The molecule has 1 aliphatic carbocycles. The van der Waals surface area contributed by atoms with Crippen LogP contribution in [0.15, 0.2) is 0 Å². The summed E-state index contributed by atoms with van der Waals surface area (Å²) in [5, 5.41) is 12.9. The van der Waals surface area contributed by atoms with Crippen LogP contribution in [0.2, 0.25) is 0 Å². The number of nitrogens with zero attached hydrogens (tertiary/aromatic N) is 1. The van der Waals surface area contributed by atoms with Crippen LogP contribution in [-0.2, 0) is 0 Å². The normalized spacial score (nSPS) is 25.4. The molecule has 0 radical (unpaired) electrons. The van der Waals surface area contributed by atoms with E-state index in [4.69, 9.17) is 0 Å². The summed E-state index contributed by atoms with van der Waals surface area (Å²) < 4.78 is 0. The number of rotatable bonds is 8. The first-order valence-electron chi connectivity index (χ1n) is 7.35. The van der Waals surface area contributed by atoms with Crippen molar-refractivity contribution in [3.05, 3.63) is 0 Å². The largest absolute Gasteiger partial charge is 0.396 e. The van der Waals surface area contributed by atoms with Gasteiger partial charge >= 0.3 is 0 Å². The molecule has 0 saturated heterocycles. The van der Waals surface area contributed by atoms with E-state index in [0.717, 1.165) is 32.7 Å². The van der Waals surface area contributed by atoms with Crippen molar-refractivity contribution in [1.29, 1.82) is 0 Å². The fourth-order valence-electron chi connectivity index (χ4n) is 2.86. The zero-order chi connectivity index (χ0) is 12.5. The van der Waals surface area contributed by atoms with E-state index in [-0.39, 0.29) is 0 Å². The molecule has 1 saturated carbocycles. The molecule has 1 rings (SSSR count). The molecule has 1 fully saturated rings. The smallest absolute Gasteiger partial charge is 0.0462 e. The van der Waals surface area contributed by atoms with Gasteiger partial charge in [0.25, 0.3) is 0 Å². The second-order valence-corrected chi connectivity index (χ2v) is 5.22. The van der Waals surface area contributed by atoms with Crippen LogP contribution in [0.1, 0.15) is 39.5 Å². The summed E-state index contributed by atoms with van der Waals surface area (Å²) in [6.45, 7) is 10.4. The minimum atomic E-state index is 0.377. The van der Waals surface area contributed by atoms with Gasteiger partial charge in [0.15, 0.2) is 0 Å². The molecule has 0 aliphatic heterocycles. The van der Waals surface area contributed by atoms with E-state index >= 15 is 0 Å². The number of aliphatic hydroxyl groups excluding tert-OH is 1. The van der Waals surface area contributed by atoms with Gasteiger partial charge in [0.1, 0.15) is 0 Å². The summed E-state index contributed by atoms with van der Waals surface area (Å²) in [6.07, 6.45) is 5.17. The maximum absolute atomic E-state index is 9.35. The van der Waals surface area contributed by atoms with Crippen molar-refractivity contribution in [3.8, 4) is 0 Å². The molecule has 1 aliphatic rings. The predicted octanol–water partition coefficient (Wildman–Crippen LogP) is 1.72. The molecule has 2 N–H and O–H groups in total. The fraction of sp³-hybridized carbons (Fsp3) is 1.00. The van der Waals surface area contributed by atoms with Crippen LogP contribution in [0.3, 0.4) is 0 Å². The van der Waals surface area contributed by atoms with Gasteiger partial charge in [-0.15, -0.1) is 0 Å². The van der Waals surface area contributed by atoms with Gasteiger partial charge < -0.3 is 15.3 Å². The highest BCUT2D eigenvalue weighted by atomic mass is 16.3. The molecule has 0 heterocycles. The lowest BCUT2D eigenvalue weighted by Crippen LogP contribution is -2.37. The monoisotopic (exact) mass is 242 g/mol. The molecule has 17 heavy (non-hydrogen) atoms. The van der Waals surface area contributed by atoms with Crippen molar-refractivity contribution in [2.45, 2.75) is 39.5 Å². The highest BCUT2D eigenvalue weighted by Gasteiger charge is 2.23. The Morgan fingerprint density at radius 3 is 2.35 bits per heavy atom. The quantitative estimate of drug-likeness (QED) is 0.636. The summed E-state index contributed by atoms with van der Waals surface area (Å²) in [7, 11) is 0. The van der Waals surface area contributed by atoms with Gasteiger partial charge in [0.2, 0.25) is 0 Å². The maximum atomic E-state index is 9.35. The van der Waals surface area contributed by atoms with Crippen molar-refractivity contribution >= 4 is 0 Å². The SMILES string of the molecule is CCN(CC)CCNCC1CCCCC1CO. The Hall–Kier alpha value is -0.120. The van der Waals surface area contributed by atoms with Gasteiger partial charge in [0, 0.05) is 19.7 Å². The van der Waals surface area contributed by atoms with Crippen molar-refractivity contribution in [3.63, 3.8) is 0 Å². The molecular weight excluding hydrogens is 212 g/mol. The number of hydrogen-bond donors (Lipinski definition) is 2. The molecule has 0 spiro atoms. The van der Waals surface area contributed by atoms with Crippen LogP contribution < -0.4 is 5.32 Å². The van der Waals surface area contributed by atoms with Gasteiger partial charge in [-0.1, -0.05) is 26.7 Å². The van der Waals surface area contributed by atoms with Crippen LogP contribution in [0, 0.1) is 11.8 Å². The van der Waals surface area contributed by atoms with Crippen LogP contribution in [0.5, 0.6) is 0 Å². The second kappa shape index (κ2) is 8.90. The highest BCUT2D eigenvalue weighted by Crippen LogP contribution is 2.28. The Kier molecular flexibility index (Phi) is 7.82. The van der Waals surface area contributed by atoms with Crippen molar-refractivity contribution in [2.75, 3.05) is 39.3 Å². The zero-order valence-electron chi connectivity index (χ0n) is 11.6. The van der Waals surface area contributed by atoms with Crippen molar-refractivity contribution in [1.82, 2.24) is 10.2 Å². The summed E-state index contributed by atoms with van der Waals surface area (Å²) >= 11 is 0. The van der Waals surface area contributed by atoms with Gasteiger partial charge in [-0.05, 0) is 44.3 Å². The topological polar surface area (TPSA) is 35.5 Å². The Bertz CT molecular complexity index is 183.